The highest BCUT2D eigenvalue weighted by atomic mass is 19.3. The van der Waals surface area contributed by atoms with Gasteiger partial charge >= 0.3 is 23.9 Å². The maximum atomic E-state index is 14.4. The summed E-state index contributed by atoms with van der Waals surface area (Å²) in [6.45, 7) is 8.44. The lowest BCUT2D eigenvalue weighted by atomic mass is 9.95. The van der Waals surface area contributed by atoms with Crippen LogP contribution in [0, 0.1) is 6.92 Å². The molecule has 0 saturated carbocycles. The molecule has 0 radical (unpaired) electrons. The SMILES string of the molecule is COC(=O)C(F)(F)C(F)(F)c1nc(-c2ccc(NC(=O)C(Cc3ccc(-c4ccc(C(C)=O)cc4C)cc3)NC(=O)OC(C)(C)C)cc2)n[nH]1. The third-order valence-corrected chi connectivity index (χ3v) is 7.37. The van der Waals surface area contributed by atoms with Gasteiger partial charge in [-0.25, -0.2) is 14.6 Å². The molecule has 0 aliphatic carbocycles. The molecule has 0 aliphatic heterocycles. The van der Waals surface area contributed by atoms with Gasteiger partial charge in [-0.2, -0.15) is 22.7 Å². The van der Waals surface area contributed by atoms with Crippen LogP contribution >= 0.6 is 0 Å². The minimum absolute atomic E-state index is 0.0351. The maximum Gasteiger partial charge on any atom is 0.412 e. The van der Waals surface area contributed by atoms with E-state index in [9.17, 15) is 36.7 Å². The molecule has 1 atom stereocenters. The summed E-state index contributed by atoms with van der Waals surface area (Å²) in [4.78, 5) is 52.5. The Morgan fingerprint density at radius 3 is 2.08 bits per heavy atom. The first-order valence-corrected chi connectivity index (χ1v) is 15.2. The van der Waals surface area contributed by atoms with Gasteiger partial charge < -0.3 is 20.1 Å². The van der Waals surface area contributed by atoms with Gasteiger partial charge in [0.15, 0.2) is 11.6 Å². The number of nitrogens with one attached hydrogen (secondary N) is 3. The number of ether oxygens (including phenoxy) is 2. The molecule has 1 heterocycles. The van der Waals surface area contributed by atoms with Crippen molar-refractivity contribution in [3.05, 3.63) is 89.2 Å². The van der Waals surface area contributed by atoms with E-state index in [4.69, 9.17) is 4.74 Å². The van der Waals surface area contributed by atoms with E-state index in [0.717, 1.165) is 16.7 Å². The van der Waals surface area contributed by atoms with Crippen molar-refractivity contribution in [3.63, 3.8) is 0 Å². The molecule has 0 spiro atoms. The van der Waals surface area contributed by atoms with Gasteiger partial charge in [-0.3, -0.25) is 14.7 Å². The number of alkyl carbamates (subject to hydrolysis) is 1. The topological polar surface area (TPSA) is 152 Å². The molecule has 4 rings (SSSR count). The number of nitrogens with zero attached hydrogens (tertiary/aromatic N) is 2. The summed E-state index contributed by atoms with van der Waals surface area (Å²) < 4.78 is 65.9. The number of esters is 1. The molecule has 3 N–H and O–H groups in total. The Bertz CT molecular complexity index is 1890. The average Bonchev–Trinajstić information content (AvgIpc) is 3.55. The third kappa shape index (κ3) is 8.51. The van der Waals surface area contributed by atoms with Crippen LogP contribution in [0.4, 0.5) is 28.0 Å². The van der Waals surface area contributed by atoms with E-state index < -0.39 is 47.3 Å². The van der Waals surface area contributed by atoms with Crippen LogP contribution in [0.2, 0.25) is 0 Å². The van der Waals surface area contributed by atoms with E-state index in [1.807, 2.05) is 43.3 Å². The van der Waals surface area contributed by atoms with Crippen molar-refractivity contribution < 1.29 is 46.2 Å². The first-order chi connectivity index (χ1) is 23.3. The zero-order valence-corrected chi connectivity index (χ0v) is 28.0. The number of aromatic nitrogens is 3. The smallest absolute Gasteiger partial charge is 0.412 e. The number of methoxy groups -OCH3 is 1. The lowest BCUT2D eigenvalue weighted by Gasteiger charge is -2.23. The van der Waals surface area contributed by atoms with Crippen molar-refractivity contribution in [2.75, 3.05) is 12.4 Å². The molecule has 1 unspecified atom stereocenters. The molecule has 1 aromatic heterocycles. The second-order valence-electron chi connectivity index (χ2n) is 12.4. The Hall–Kier alpha value is -5.60. The number of hydrogen-bond acceptors (Lipinski definition) is 8. The largest absolute Gasteiger partial charge is 0.464 e. The fraction of sp³-hybridized carbons (Fsp3) is 0.314. The number of rotatable bonds is 11. The molecule has 0 saturated heterocycles. The number of ketones is 1. The van der Waals surface area contributed by atoms with E-state index in [1.54, 1.807) is 31.9 Å². The van der Waals surface area contributed by atoms with Crippen LogP contribution in [-0.2, 0) is 31.4 Å². The Morgan fingerprint density at radius 2 is 1.52 bits per heavy atom. The zero-order valence-electron chi connectivity index (χ0n) is 28.0. The lowest BCUT2D eigenvalue weighted by molar-refractivity contribution is -0.233. The number of amides is 2. The zero-order chi connectivity index (χ0) is 37.0. The van der Waals surface area contributed by atoms with Crippen LogP contribution in [0.25, 0.3) is 22.5 Å². The first kappa shape index (κ1) is 37.2. The summed E-state index contributed by atoms with van der Waals surface area (Å²) in [7, 11) is 0.548. The normalized spacial score (nSPS) is 12.5. The lowest BCUT2D eigenvalue weighted by Crippen LogP contribution is -2.47. The number of anilines is 1. The molecule has 4 aromatic rings. The third-order valence-electron chi connectivity index (χ3n) is 7.37. The van der Waals surface area contributed by atoms with Gasteiger partial charge in [0, 0.05) is 23.2 Å². The van der Waals surface area contributed by atoms with E-state index in [0.29, 0.717) is 18.2 Å². The van der Waals surface area contributed by atoms with E-state index in [1.165, 1.54) is 31.2 Å². The van der Waals surface area contributed by atoms with Crippen LogP contribution in [0.5, 0.6) is 0 Å². The van der Waals surface area contributed by atoms with Crippen molar-refractivity contribution in [1.82, 2.24) is 20.5 Å². The molecule has 0 bridgehead atoms. The summed E-state index contributed by atoms with van der Waals surface area (Å²) >= 11 is 0. The fourth-order valence-electron chi connectivity index (χ4n) is 4.79. The maximum absolute atomic E-state index is 14.4. The molecule has 15 heteroatoms. The molecule has 11 nitrogen and oxygen atoms in total. The fourth-order valence-corrected chi connectivity index (χ4v) is 4.79. The highest BCUT2D eigenvalue weighted by molar-refractivity contribution is 5.97. The van der Waals surface area contributed by atoms with Gasteiger partial charge in [0.25, 0.3) is 0 Å². The van der Waals surface area contributed by atoms with Crippen molar-refractivity contribution in [1.29, 1.82) is 0 Å². The van der Waals surface area contributed by atoms with Crippen molar-refractivity contribution in [2.45, 2.75) is 64.5 Å². The predicted molar refractivity (Wildman–Crippen MR) is 175 cm³/mol. The Labute approximate surface area is 284 Å². The average molecular weight is 698 g/mol. The number of Topliss-reactive ketones (excluding diaryl/α,β-unsaturated/α-hetero) is 1. The van der Waals surface area contributed by atoms with Gasteiger partial charge in [-0.05, 0) is 87.2 Å². The van der Waals surface area contributed by atoms with Crippen LogP contribution < -0.4 is 10.6 Å². The van der Waals surface area contributed by atoms with Gasteiger partial charge in [-0.1, -0.05) is 36.4 Å². The number of halogens is 4. The molecular weight excluding hydrogens is 662 g/mol. The van der Waals surface area contributed by atoms with Crippen LogP contribution in [0.1, 0.15) is 55.0 Å². The minimum Gasteiger partial charge on any atom is -0.464 e. The highest BCUT2D eigenvalue weighted by Gasteiger charge is 2.66. The molecule has 3 aromatic carbocycles. The van der Waals surface area contributed by atoms with E-state index >= 15 is 0 Å². The number of carbonyl (C=O) groups is 4. The molecule has 0 aliphatic rings. The summed E-state index contributed by atoms with van der Waals surface area (Å²) in [6.07, 6.45) is -0.739. The van der Waals surface area contributed by atoms with Crippen LogP contribution in [0.15, 0.2) is 66.7 Å². The van der Waals surface area contributed by atoms with Crippen LogP contribution in [-0.4, -0.2) is 63.6 Å². The standard InChI is InChI=1S/C35H35F4N5O6/c1-19-17-24(20(2)45)13-16-26(19)22-9-7-21(8-10-22)18-27(41-32(48)50-33(3,4)5)29(46)40-25-14-11-23(12-15-25)28-42-30(44-43-28)34(36,37)35(38,39)31(47)49-6/h7-17,27H,18H2,1-6H3,(H,40,46)(H,41,48)(H,42,43,44). The summed E-state index contributed by atoms with van der Waals surface area (Å²) in [5.74, 6) is -15.3. The monoisotopic (exact) mass is 697 g/mol. The minimum atomic E-state index is -5.21. The van der Waals surface area contributed by atoms with E-state index in [-0.39, 0.29) is 29.3 Å². The molecule has 50 heavy (non-hydrogen) atoms. The summed E-state index contributed by atoms with van der Waals surface area (Å²) in [6, 6.07) is 17.2. The number of hydrogen-bond donors (Lipinski definition) is 3. The Balaban J connectivity index is 1.51. The van der Waals surface area contributed by atoms with Crippen molar-refractivity contribution in [2.24, 2.45) is 0 Å². The summed E-state index contributed by atoms with van der Waals surface area (Å²) in [5.41, 5.74) is 3.59. The van der Waals surface area contributed by atoms with Crippen LogP contribution in [0.3, 0.4) is 0 Å². The second-order valence-corrected chi connectivity index (χ2v) is 12.4. The quantitative estimate of drug-likeness (QED) is 0.0898. The van der Waals surface area contributed by atoms with Gasteiger partial charge in [0.05, 0.1) is 7.11 Å². The number of H-pyrrole nitrogens is 1. The van der Waals surface area contributed by atoms with Crippen molar-refractivity contribution >= 4 is 29.4 Å². The number of aryl methyl sites for hydroxylation is 1. The summed E-state index contributed by atoms with van der Waals surface area (Å²) in [5, 5.41) is 10.6. The number of carbonyl (C=O) groups excluding carboxylic acids is 4. The van der Waals surface area contributed by atoms with Crippen molar-refractivity contribution in [3.8, 4) is 22.5 Å². The number of benzene rings is 3. The second kappa shape index (κ2) is 14.5. The molecular formula is C35H35F4N5O6. The molecule has 264 valence electrons. The number of aromatic amines is 1. The van der Waals surface area contributed by atoms with Gasteiger partial charge in [-0.15, -0.1) is 0 Å². The Morgan fingerprint density at radius 1 is 0.900 bits per heavy atom. The van der Waals surface area contributed by atoms with E-state index in [2.05, 4.69) is 25.5 Å². The number of alkyl halides is 4. The van der Waals surface area contributed by atoms with Gasteiger partial charge in [0.2, 0.25) is 11.7 Å². The van der Waals surface area contributed by atoms with Gasteiger partial charge in [0.1, 0.15) is 11.6 Å². The Kier molecular flexibility index (Phi) is 10.8. The highest BCUT2D eigenvalue weighted by Crippen LogP contribution is 2.42. The molecule has 2 amide bonds. The molecule has 0 fully saturated rings. The predicted octanol–water partition coefficient (Wildman–Crippen LogP) is 6.62. The first-order valence-electron chi connectivity index (χ1n) is 15.2.